The molecule has 0 aliphatic carbocycles. The molecule has 1 heterocycles. The van der Waals surface area contributed by atoms with E-state index in [-0.39, 0.29) is 32.2 Å². The van der Waals surface area contributed by atoms with Crippen molar-refractivity contribution in [1.29, 1.82) is 0 Å². The van der Waals surface area contributed by atoms with E-state index < -0.39 is 18.2 Å². The van der Waals surface area contributed by atoms with Crippen LogP contribution in [-0.4, -0.2) is 43.0 Å². The van der Waals surface area contributed by atoms with Gasteiger partial charge in [0, 0.05) is 12.5 Å². The molecule has 0 amide bonds. The summed E-state index contributed by atoms with van der Waals surface area (Å²) in [6, 6.07) is 21.3. The van der Waals surface area contributed by atoms with Gasteiger partial charge in [-0.25, -0.2) is 4.79 Å². The molecule has 5 nitrogen and oxygen atoms in total. The van der Waals surface area contributed by atoms with Crippen molar-refractivity contribution in [1.82, 2.24) is 5.06 Å². The van der Waals surface area contributed by atoms with Gasteiger partial charge >= 0.3 is 12.1 Å². The molecule has 0 bridgehead atoms. The summed E-state index contributed by atoms with van der Waals surface area (Å²) in [5.74, 6) is 0.679. The van der Waals surface area contributed by atoms with E-state index in [0.29, 0.717) is 12.2 Å². The van der Waals surface area contributed by atoms with Gasteiger partial charge in [-0.1, -0.05) is 54.5 Å². The van der Waals surface area contributed by atoms with Crippen LogP contribution in [0.5, 0.6) is 5.75 Å². The summed E-state index contributed by atoms with van der Waals surface area (Å²) in [5, 5.41) is 3.20. The number of hydrogen-bond acceptors (Lipinski definition) is 5. The highest BCUT2D eigenvalue weighted by atomic mass is 19.4. The molecule has 4 rings (SSSR count). The first kappa shape index (κ1) is 24.6. The minimum Gasteiger partial charge on any atom is -0.481 e. The van der Waals surface area contributed by atoms with Gasteiger partial charge < -0.3 is 14.3 Å². The van der Waals surface area contributed by atoms with E-state index in [1.54, 1.807) is 12.1 Å². The Labute approximate surface area is 201 Å². The predicted molar refractivity (Wildman–Crippen MR) is 124 cm³/mol. The van der Waals surface area contributed by atoms with Gasteiger partial charge in [0.2, 0.25) is 0 Å². The summed E-state index contributed by atoms with van der Waals surface area (Å²) in [5.41, 5.74) is 1.88. The zero-order chi connectivity index (χ0) is 24.8. The highest BCUT2D eigenvalue weighted by Crippen LogP contribution is 2.33. The number of terminal acetylenes is 1. The van der Waals surface area contributed by atoms with Gasteiger partial charge in [0.05, 0.1) is 19.3 Å². The van der Waals surface area contributed by atoms with E-state index in [2.05, 4.69) is 10.8 Å². The number of carbonyl (C=O) groups excluding carboxylic acids is 1. The second-order valence-electron chi connectivity index (χ2n) is 8.25. The lowest BCUT2D eigenvalue weighted by Crippen LogP contribution is -2.46. The number of halogens is 3. The number of alkyl halides is 3. The van der Waals surface area contributed by atoms with Crippen LogP contribution in [0.1, 0.15) is 23.5 Å². The van der Waals surface area contributed by atoms with Crippen molar-refractivity contribution in [2.24, 2.45) is 0 Å². The van der Waals surface area contributed by atoms with Crippen LogP contribution >= 0.6 is 0 Å². The summed E-state index contributed by atoms with van der Waals surface area (Å²) in [6.07, 6.45) is 0.0989. The van der Waals surface area contributed by atoms with E-state index in [1.807, 2.05) is 54.6 Å². The van der Waals surface area contributed by atoms with Crippen LogP contribution in [0.15, 0.2) is 66.7 Å². The molecule has 2 unspecified atom stereocenters. The first-order valence-electron chi connectivity index (χ1n) is 11.1. The lowest BCUT2D eigenvalue weighted by atomic mass is 9.87. The summed E-state index contributed by atoms with van der Waals surface area (Å²) < 4.78 is 49.8. The lowest BCUT2D eigenvalue weighted by Gasteiger charge is -2.37. The minimum absolute atomic E-state index is 0.00934. The van der Waals surface area contributed by atoms with Gasteiger partial charge in [-0.2, -0.15) is 13.2 Å². The number of hydrogen-bond donors (Lipinski definition) is 0. The highest BCUT2D eigenvalue weighted by molar-refractivity contribution is 5.82. The third-order valence-corrected chi connectivity index (χ3v) is 5.87. The van der Waals surface area contributed by atoms with Crippen LogP contribution < -0.4 is 4.74 Å². The lowest BCUT2D eigenvalue weighted by molar-refractivity contribution is -0.248. The molecule has 3 aromatic carbocycles. The standard InChI is InChI=1S/C27H24F3NO4/c1-2-15-33-23-11-9-21(10-12-23)24-13-14-31(35-26(32)27(28,29)30)17-25(24)34-18-19-7-8-20-5-3-4-6-22(20)16-19/h1,3-12,16,24-25H,13-15,17-18H2. The largest absolute Gasteiger partial charge is 0.492 e. The third kappa shape index (κ3) is 6.32. The molecular formula is C27H24F3NO4. The maximum absolute atomic E-state index is 12.7. The van der Waals surface area contributed by atoms with Gasteiger partial charge in [0.15, 0.2) is 0 Å². The average molecular weight is 483 g/mol. The van der Waals surface area contributed by atoms with Crippen molar-refractivity contribution in [3.05, 3.63) is 77.9 Å². The summed E-state index contributed by atoms with van der Waals surface area (Å²) >= 11 is 0. The smallest absolute Gasteiger partial charge is 0.481 e. The summed E-state index contributed by atoms with van der Waals surface area (Å²) in [7, 11) is 0. The van der Waals surface area contributed by atoms with Crippen LogP contribution in [0.3, 0.4) is 0 Å². The number of benzene rings is 3. The molecule has 35 heavy (non-hydrogen) atoms. The normalized spacial score (nSPS) is 18.7. The van der Waals surface area contributed by atoms with Crippen molar-refractivity contribution in [2.45, 2.75) is 31.2 Å². The Kier molecular flexibility index (Phi) is 7.59. The monoisotopic (exact) mass is 483 g/mol. The molecule has 1 saturated heterocycles. The van der Waals surface area contributed by atoms with Crippen LogP contribution in [-0.2, 0) is 21.0 Å². The molecule has 1 aliphatic rings. The number of piperidine rings is 1. The van der Waals surface area contributed by atoms with Gasteiger partial charge in [-0.15, -0.1) is 11.5 Å². The first-order chi connectivity index (χ1) is 16.8. The summed E-state index contributed by atoms with van der Waals surface area (Å²) in [4.78, 5) is 16.0. The fraction of sp³-hybridized carbons (Fsp3) is 0.296. The Hall–Kier alpha value is -3.54. The number of ether oxygens (including phenoxy) is 2. The highest BCUT2D eigenvalue weighted by Gasteiger charge is 2.44. The number of nitrogens with zero attached hydrogens (tertiary/aromatic N) is 1. The molecule has 182 valence electrons. The topological polar surface area (TPSA) is 48.0 Å². The third-order valence-electron chi connectivity index (χ3n) is 5.87. The maximum Gasteiger partial charge on any atom is 0.492 e. The van der Waals surface area contributed by atoms with Gasteiger partial charge in [-0.05, 0) is 46.5 Å². The Morgan fingerprint density at radius 1 is 1.06 bits per heavy atom. The SMILES string of the molecule is C#CCOc1ccc(C2CCN(OC(=O)C(F)(F)F)CC2OCc2ccc3ccccc3c2)cc1. The fourth-order valence-corrected chi connectivity index (χ4v) is 4.16. The van der Waals surface area contributed by atoms with Crippen molar-refractivity contribution in [3.8, 4) is 18.1 Å². The van der Waals surface area contributed by atoms with Crippen LogP contribution in [0.4, 0.5) is 13.2 Å². The van der Waals surface area contributed by atoms with E-state index in [0.717, 1.165) is 27.0 Å². The zero-order valence-corrected chi connectivity index (χ0v) is 18.8. The molecule has 1 aliphatic heterocycles. The molecule has 0 spiro atoms. The van der Waals surface area contributed by atoms with E-state index in [4.69, 9.17) is 15.9 Å². The number of rotatable bonds is 7. The molecule has 0 aromatic heterocycles. The molecule has 3 aromatic rings. The van der Waals surface area contributed by atoms with Crippen molar-refractivity contribution in [3.63, 3.8) is 0 Å². The Morgan fingerprint density at radius 3 is 2.51 bits per heavy atom. The molecule has 0 radical (unpaired) electrons. The fourth-order valence-electron chi connectivity index (χ4n) is 4.16. The molecule has 0 N–H and O–H groups in total. The second kappa shape index (κ2) is 10.8. The number of carbonyl (C=O) groups is 1. The van der Waals surface area contributed by atoms with E-state index in [1.165, 1.54) is 0 Å². The van der Waals surface area contributed by atoms with E-state index >= 15 is 0 Å². The average Bonchev–Trinajstić information content (AvgIpc) is 2.86. The molecular weight excluding hydrogens is 459 g/mol. The quantitative estimate of drug-likeness (QED) is 0.430. The van der Waals surface area contributed by atoms with Gasteiger partial charge in [0.1, 0.15) is 12.4 Å². The Balaban J connectivity index is 1.50. The Bertz CT molecular complexity index is 1200. The molecule has 8 heteroatoms. The van der Waals surface area contributed by atoms with Gasteiger partial charge in [-0.3, -0.25) is 0 Å². The molecule has 2 atom stereocenters. The van der Waals surface area contributed by atoms with Gasteiger partial charge in [0.25, 0.3) is 0 Å². The zero-order valence-electron chi connectivity index (χ0n) is 18.8. The van der Waals surface area contributed by atoms with Crippen molar-refractivity contribution < 1.29 is 32.3 Å². The van der Waals surface area contributed by atoms with Crippen molar-refractivity contribution >= 4 is 16.7 Å². The predicted octanol–water partition coefficient (Wildman–Crippen LogP) is 5.25. The Morgan fingerprint density at radius 2 is 1.80 bits per heavy atom. The van der Waals surface area contributed by atoms with Crippen LogP contribution in [0.2, 0.25) is 0 Å². The molecule has 1 fully saturated rings. The second-order valence-corrected chi connectivity index (χ2v) is 8.25. The number of fused-ring (bicyclic) bond motifs is 1. The molecule has 0 saturated carbocycles. The van der Waals surface area contributed by atoms with Crippen LogP contribution in [0.25, 0.3) is 10.8 Å². The summed E-state index contributed by atoms with van der Waals surface area (Å²) in [6.45, 7) is 0.573. The van der Waals surface area contributed by atoms with Crippen molar-refractivity contribution in [2.75, 3.05) is 19.7 Å². The minimum atomic E-state index is -5.06. The number of hydroxylamine groups is 2. The van der Waals surface area contributed by atoms with Crippen LogP contribution in [0, 0.1) is 12.3 Å². The maximum atomic E-state index is 12.7. The first-order valence-corrected chi connectivity index (χ1v) is 11.1. The van der Waals surface area contributed by atoms with E-state index in [9.17, 15) is 18.0 Å².